The van der Waals surface area contributed by atoms with Gasteiger partial charge in [-0.2, -0.15) is 0 Å². The van der Waals surface area contributed by atoms with E-state index in [-0.39, 0.29) is 17.2 Å². The number of nitrogens with zero attached hydrogens (tertiary/aromatic N) is 3. The lowest BCUT2D eigenvalue weighted by Crippen LogP contribution is -2.57. The first-order chi connectivity index (χ1) is 12.0. The zero-order valence-corrected chi connectivity index (χ0v) is 14.6. The normalized spacial score (nSPS) is 28.3. The number of likely N-dealkylation sites (tertiary alicyclic amines) is 2. The van der Waals surface area contributed by atoms with E-state index < -0.39 is 5.54 Å². The summed E-state index contributed by atoms with van der Waals surface area (Å²) in [7, 11) is 0. The number of pyridine rings is 1. The molecular formula is C19H26N4O2. The van der Waals surface area contributed by atoms with Crippen LogP contribution in [0.1, 0.15) is 44.1 Å². The maximum absolute atomic E-state index is 12.7. The van der Waals surface area contributed by atoms with Crippen molar-refractivity contribution in [2.45, 2.75) is 50.6 Å². The van der Waals surface area contributed by atoms with E-state index in [9.17, 15) is 9.59 Å². The van der Waals surface area contributed by atoms with Gasteiger partial charge in [0.1, 0.15) is 0 Å². The van der Waals surface area contributed by atoms with Crippen LogP contribution < -0.4 is 5.73 Å². The molecule has 3 heterocycles. The number of piperidine rings is 2. The molecule has 0 unspecified atom stereocenters. The third kappa shape index (κ3) is 3.27. The molecule has 2 saturated heterocycles. The molecule has 4 rings (SSSR count). The minimum atomic E-state index is -0.599. The summed E-state index contributed by atoms with van der Waals surface area (Å²) in [5.41, 5.74) is 6.60. The molecule has 6 nitrogen and oxygen atoms in total. The fraction of sp³-hybridized carbons (Fsp3) is 0.632. The summed E-state index contributed by atoms with van der Waals surface area (Å²) in [6.07, 6.45) is 8.68. The first-order valence-electron chi connectivity index (χ1n) is 9.25. The van der Waals surface area contributed by atoms with Gasteiger partial charge in [-0.15, -0.1) is 0 Å². The van der Waals surface area contributed by atoms with E-state index in [4.69, 9.17) is 5.73 Å². The highest BCUT2D eigenvalue weighted by Crippen LogP contribution is 2.42. The van der Waals surface area contributed by atoms with Crippen molar-refractivity contribution in [1.82, 2.24) is 14.8 Å². The highest BCUT2D eigenvalue weighted by molar-refractivity contribution is 5.89. The first kappa shape index (κ1) is 16.5. The number of nitrogens with two attached hydrogens (primary N) is 1. The Morgan fingerprint density at radius 1 is 1.24 bits per heavy atom. The number of aromatic nitrogens is 1. The van der Waals surface area contributed by atoms with Crippen LogP contribution in [0.4, 0.5) is 0 Å². The number of hydrogen-bond donors (Lipinski definition) is 1. The second-order valence-corrected chi connectivity index (χ2v) is 8.10. The maximum atomic E-state index is 12.7. The van der Waals surface area contributed by atoms with Gasteiger partial charge < -0.3 is 15.5 Å². The lowest BCUT2D eigenvalue weighted by Gasteiger charge is -2.48. The molecule has 3 fully saturated rings. The van der Waals surface area contributed by atoms with Gasteiger partial charge >= 0.3 is 0 Å². The predicted octanol–water partition coefficient (Wildman–Crippen LogP) is 1.30. The standard InChI is InChI=1S/C19H26N4O2/c20-19(7-8-19)17(25)22-10-2-5-18(13-22)6-4-16(24)23(14-18)12-15-3-1-9-21-11-15/h1,3,9,11H,2,4-8,10,12-14,20H2/t18-/m0/s1. The van der Waals surface area contributed by atoms with Gasteiger partial charge in [0.05, 0.1) is 5.54 Å². The quantitative estimate of drug-likeness (QED) is 0.898. The van der Waals surface area contributed by atoms with Crippen LogP contribution in [0.3, 0.4) is 0 Å². The van der Waals surface area contributed by atoms with Crippen LogP contribution in [0.15, 0.2) is 24.5 Å². The number of carbonyl (C=O) groups is 2. The Labute approximate surface area is 148 Å². The minimum Gasteiger partial charge on any atom is -0.340 e. The van der Waals surface area contributed by atoms with Crippen LogP contribution in [0, 0.1) is 5.41 Å². The summed E-state index contributed by atoms with van der Waals surface area (Å²) in [6.45, 7) is 2.86. The van der Waals surface area contributed by atoms with Crippen molar-refractivity contribution in [2.75, 3.05) is 19.6 Å². The Hall–Kier alpha value is -1.95. The van der Waals surface area contributed by atoms with E-state index in [1.165, 1.54) is 0 Å². The Kier molecular flexibility index (Phi) is 4.02. The van der Waals surface area contributed by atoms with Gasteiger partial charge in [0, 0.05) is 50.4 Å². The van der Waals surface area contributed by atoms with Crippen molar-refractivity contribution in [3.05, 3.63) is 30.1 Å². The van der Waals surface area contributed by atoms with Gasteiger partial charge in [-0.3, -0.25) is 14.6 Å². The van der Waals surface area contributed by atoms with E-state index in [0.29, 0.717) is 13.0 Å². The zero-order chi connectivity index (χ0) is 17.5. The summed E-state index contributed by atoms with van der Waals surface area (Å²) in [6, 6.07) is 3.90. The minimum absolute atomic E-state index is 0.0231. The molecule has 1 aliphatic carbocycles. The highest BCUT2D eigenvalue weighted by atomic mass is 16.2. The summed E-state index contributed by atoms with van der Waals surface area (Å²) in [5, 5.41) is 0. The molecule has 1 atom stereocenters. The highest BCUT2D eigenvalue weighted by Gasteiger charge is 2.51. The van der Waals surface area contributed by atoms with E-state index >= 15 is 0 Å². The molecule has 0 aromatic carbocycles. The monoisotopic (exact) mass is 342 g/mol. The van der Waals surface area contributed by atoms with Crippen molar-refractivity contribution in [1.29, 1.82) is 0 Å². The number of carbonyl (C=O) groups excluding carboxylic acids is 2. The van der Waals surface area contributed by atoms with Gasteiger partial charge in [0.25, 0.3) is 0 Å². The van der Waals surface area contributed by atoms with Crippen LogP contribution >= 0.6 is 0 Å². The molecule has 2 amide bonds. The van der Waals surface area contributed by atoms with Gasteiger partial charge in [-0.05, 0) is 43.7 Å². The van der Waals surface area contributed by atoms with Crippen molar-refractivity contribution >= 4 is 11.8 Å². The Balaban J connectivity index is 1.47. The second kappa shape index (κ2) is 6.09. The van der Waals surface area contributed by atoms with Gasteiger partial charge in [-0.1, -0.05) is 6.07 Å². The van der Waals surface area contributed by atoms with Crippen molar-refractivity contribution in [3.8, 4) is 0 Å². The number of rotatable bonds is 3. The molecule has 1 spiro atoms. The summed E-state index contributed by atoms with van der Waals surface area (Å²) >= 11 is 0. The van der Waals surface area contributed by atoms with Crippen molar-refractivity contribution < 1.29 is 9.59 Å². The summed E-state index contributed by atoms with van der Waals surface area (Å²) in [4.78, 5) is 33.1. The molecule has 6 heteroatoms. The van der Waals surface area contributed by atoms with Crippen LogP contribution in [0.25, 0.3) is 0 Å². The number of hydrogen-bond acceptors (Lipinski definition) is 4. The summed E-state index contributed by atoms with van der Waals surface area (Å²) < 4.78 is 0. The molecule has 1 aromatic heterocycles. The van der Waals surface area contributed by atoms with Crippen LogP contribution in [-0.4, -0.2) is 51.8 Å². The molecule has 2 aliphatic heterocycles. The van der Waals surface area contributed by atoms with Crippen LogP contribution in [-0.2, 0) is 16.1 Å². The van der Waals surface area contributed by atoms with E-state index in [1.807, 2.05) is 28.1 Å². The average Bonchev–Trinajstić information content (AvgIpc) is 3.38. The van der Waals surface area contributed by atoms with Crippen molar-refractivity contribution in [2.24, 2.45) is 11.1 Å². The maximum Gasteiger partial charge on any atom is 0.242 e. The number of amides is 2. The fourth-order valence-electron chi connectivity index (χ4n) is 4.34. The van der Waals surface area contributed by atoms with E-state index in [0.717, 1.165) is 57.3 Å². The molecule has 1 saturated carbocycles. The lowest BCUT2D eigenvalue weighted by atomic mass is 9.73. The third-order valence-corrected chi connectivity index (χ3v) is 6.01. The molecule has 2 N–H and O–H groups in total. The molecule has 25 heavy (non-hydrogen) atoms. The predicted molar refractivity (Wildman–Crippen MR) is 93.3 cm³/mol. The summed E-state index contributed by atoms with van der Waals surface area (Å²) in [5.74, 6) is 0.317. The van der Waals surface area contributed by atoms with Crippen LogP contribution in [0.2, 0.25) is 0 Å². The van der Waals surface area contributed by atoms with Crippen LogP contribution in [0.5, 0.6) is 0 Å². The smallest absolute Gasteiger partial charge is 0.242 e. The van der Waals surface area contributed by atoms with Gasteiger partial charge in [0.15, 0.2) is 0 Å². The van der Waals surface area contributed by atoms with Gasteiger partial charge in [-0.25, -0.2) is 0 Å². The lowest BCUT2D eigenvalue weighted by molar-refractivity contribution is -0.144. The first-order valence-corrected chi connectivity index (χ1v) is 9.25. The van der Waals surface area contributed by atoms with E-state index in [1.54, 1.807) is 6.20 Å². The Morgan fingerprint density at radius 3 is 2.80 bits per heavy atom. The molecule has 3 aliphatic rings. The van der Waals surface area contributed by atoms with E-state index in [2.05, 4.69) is 4.98 Å². The average molecular weight is 342 g/mol. The zero-order valence-electron chi connectivity index (χ0n) is 14.6. The second-order valence-electron chi connectivity index (χ2n) is 8.10. The SMILES string of the molecule is NC1(C(=O)N2CCC[C@]3(CCC(=O)N(Cc4cccnc4)C3)C2)CC1. The molecule has 1 aromatic rings. The molecular weight excluding hydrogens is 316 g/mol. The molecule has 134 valence electrons. The molecule has 0 bridgehead atoms. The fourth-order valence-corrected chi connectivity index (χ4v) is 4.34. The third-order valence-electron chi connectivity index (χ3n) is 6.01. The largest absolute Gasteiger partial charge is 0.340 e. The van der Waals surface area contributed by atoms with Gasteiger partial charge in [0.2, 0.25) is 11.8 Å². The molecule has 0 radical (unpaired) electrons. The van der Waals surface area contributed by atoms with Crippen molar-refractivity contribution in [3.63, 3.8) is 0 Å². The topological polar surface area (TPSA) is 79.5 Å². The Bertz CT molecular complexity index is 673. The Morgan fingerprint density at radius 2 is 2.08 bits per heavy atom.